The maximum Gasteiger partial charge on any atom is 0.237 e. The molecule has 0 heterocycles. The Labute approximate surface area is 116 Å². The lowest BCUT2D eigenvalue weighted by Crippen LogP contribution is -2.49. The van der Waals surface area contributed by atoms with Crippen molar-refractivity contribution in [2.45, 2.75) is 70.5 Å². The summed E-state index contributed by atoms with van der Waals surface area (Å²) >= 11 is 0. The maximum absolute atomic E-state index is 11.9. The third kappa shape index (κ3) is 4.77. The molecule has 110 valence electrons. The lowest BCUT2D eigenvalue weighted by atomic mass is 9.90. The standard InChI is InChI=1S/C15H29N3O/c1-10(2)14(16)15(19)18-13-7-5-12(6-8-13)17-9-11-3-4-11/h10-14,17H,3-9,16H2,1-2H3,(H,18,19)/t12?,13?,14-/m0/s1. The number of hydrogen-bond acceptors (Lipinski definition) is 3. The molecule has 2 aliphatic carbocycles. The van der Waals surface area contributed by atoms with E-state index >= 15 is 0 Å². The van der Waals surface area contributed by atoms with Gasteiger partial charge in [0.2, 0.25) is 5.91 Å². The Kier molecular flexibility index (Phi) is 5.22. The summed E-state index contributed by atoms with van der Waals surface area (Å²) in [6, 6.07) is 0.620. The summed E-state index contributed by atoms with van der Waals surface area (Å²) in [7, 11) is 0. The third-order valence-corrected chi connectivity index (χ3v) is 4.49. The summed E-state index contributed by atoms with van der Waals surface area (Å²) in [6.07, 6.45) is 7.33. The van der Waals surface area contributed by atoms with Gasteiger partial charge in [-0.3, -0.25) is 4.79 Å². The second-order valence-corrected chi connectivity index (χ2v) is 6.68. The first-order chi connectivity index (χ1) is 9.06. The fourth-order valence-electron chi connectivity index (χ4n) is 2.70. The molecule has 1 atom stereocenters. The minimum absolute atomic E-state index is 0.0180. The van der Waals surface area contributed by atoms with E-state index in [-0.39, 0.29) is 17.9 Å². The second-order valence-electron chi connectivity index (χ2n) is 6.68. The van der Waals surface area contributed by atoms with E-state index in [2.05, 4.69) is 10.6 Å². The van der Waals surface area contributed by atoms with E-state index < -0.39 is 0 Å². The zero-order valence-corrected chi connectivity index (χ0v) is 12.3. The number of amides is 1. The maximum atomic E-state index is 11.9. The van der Waals surface area contributed by atoms with Crippen LogP contribution < -0.4 is 16.4 Å². The number of rotatable bonds is 6. The summed E-state index contributed by atoms with van der Waals surface area (Å²) in [4.78, 5) is 11.9. The van der Waals surface area contributed by atoms with Crippen LogP contribution >= 0.6 is 0 Å². The van der Waals surface area contributed by atoms with Crippen LogP contribution in [0.4, 0.5) is 0 Å². The minimum atomic E-state index is -0.370. The third-order valence-electron chi connectivity index (χ3n) is 4.49. The fourth-order valence-corrected chi connectivity index (χ4v) is 2.70. The molecule has 0 aromatic carbocycles. The van der Waals surface area contributed by atoms with Crippen LogP contribution in [-0.2, 0) is 4.79 Å². The largest absolute Gasteiger partial charge is 0.352 e. The van der Waals surface area contributed by atoms with Gasteiger partial charge >= 0.3 is 0 Å². The first-order valence-corrected chi connectivity index (χ1v) is 7.85. The Morgan fingerprint density at radius 2 is 1.68 bits per heavy atom. The normalized spacial score (nSPS) is 29.3. The predicted octanol–water partition coefficient (Wildman–Crippen LogP) is 1.40. The van der Waals surface area contributed by atoms with Gasteiger partial charge in [0.15, 0.2) is 0 Å². The van der Waals surface area contributed by atoms with E-state index in [1.54, 1.807) is 0 Å². The molecule has 0 spiro atoms. The Bertz CT molecular complexity index is 294. The van der Waals surface area contributed by atoms with Crippen molar-refractivity contribution in [3.05, 3.63) is 0 Å². The van der Waals surface area contributed by atoms with E-state index in [0.717, 1.165) is 18.8 Å². The molecule has 4 N–H and O–H groups in total. The van der Waals surface area contributed by atoms with Crippen molar-refractivity contribution in [3.8, 4) is 0 Å². The number of nitrogens with one attached hydrogen (secondary N) is 2. The summed E-state index contributed by atoms with van der Waals surface area (Å²) in [5.41, 5.74) is 5.87. The molecule has 0 aromatic rings. The van der Waals surface area contributed by atoms with Crippen LogP contribution in [0.5, 0.6) is 0 Å². The molecule has 2 rings (SSSR count). The van der Waals surface area contributed by atoms with Crippen molar-refractivity contribution in [2.24, 2.45) is 17.6 Å². The van der Waals surface area contributed by atoms with Gasteiger partial charge in [-0.2, -0.15) is 0 Å². The van der Waals surface area contributed by atoms with Crippen molar-refractivity contribution >= 4 is 5.91 Å². The van der Waals surface area contributed by atoms with Crippen molar-refractivity contribution in [2.75, 3.05) is 6.54 Å². The van der Waals surface area contributed by atoms with Crippen LogP contribution in [0.25, 0.3) is 0 Å². The summed E-state index contributed by atoms with van der Waals surface area (Å²) in [6.45, 7) is 5.17. The summed E-state index contributed by atoms with van der Waals surface area (Å²) in [5, 5.41) is 6.77. The predicted molar refractivity (Wildman–Crippen MR) is 77.7 cm³/mol. The molecule has 2 saturated carbocycles. The highest BCUT2D eigenvalue weighted by Gasteiger charge is 2.27. The van der Waals surface area contributed by atoms with Gasteiger partial charge in [-0.25, -0.2) is 0 Å². The molecular weight excluding hydrogens is 238 g/mol. The molecular formula is C15H29N3O. The van der Waals surface area contributed by atoms with Gasteiger partial charge in [-0.05, 0) is 56.9 Å². The van der Waals surface area contributed by atoms with Crippen LogP contribution in [0, 0.1) is 11.8 Å². The molecule has 4 nitrogen and oxygen atoms in total. The topological polar surface area (TPSA) is 67.2 Å². The monoisotopic (exact) mass is 267 g/mol. The average molecular weight is 267 g/mol. The van der Waals surface area contributed by atoms with Crippen LogP contribution in [0.3, 0.4) is 0 Å². The zero-order chi connectivity index (χ0) is 13.8. The number of hydrogen-bond donors (Lipinski definition) is 3. The van der Waals surface area contributed by atoms with Crippen LogP contribution in [-0.4, -0.2) is 30.6 Å². The highest BCUT2D eigenvalue weighted by molar-refractivity contribution is 5.82. The Balaban J connectivity index is 1.63. The molecule has 19 heavy (non-hydrogen) atoms. The van der Waals surface area contributed by atoms with E-state index in [9.17, 15) is 4.79 Å². The van der Waals surface area contributed by atoms with Crippen molar-refractivity contribution < 1.29 is 4.79 Å². The highest BCUT2D eigenvalue weighted by atomic mass is 16.2. The van der Waals surface area contributed by atoms with Gasteiger partial charge in [-0.1, -0.05) is 13.8 Å². The molecule has 0 unspecified atom stereocenters. The minimum Gasteiger partial charge on any atom is -0.352 e. The van der Waals surface area contributed by atoms with Gasteiger partial charge < -0.3 is 16.4 Å². The van der Waals surface area contributed by atoms with Gasteiger partial charge in [0, 0.05) is 12.1 Å². The Morgan fingerprint density at radius 3 is 2.21 bits per heavy atom. The van der Waals surface area contributed by atoms with Crippen molar-refractivity contribution in [1.82, 2.24) is 10.6 Å². The highest BCUT2D eigenvalue weighted by Crippen LogP contribution is 2.28. The molecule has 0 bridgehead atoms. The molecule has 0 aliphatic heterocycles. The number of carbonyl (C=O) groups excluding carboxylic acids is 1. The smallest absolute Gasteiger partial charge is 0.237 e. The van der Waals surface area contributed by atoms with Gasteiger partial charge in [0.25, 0.3) is 0 Å². The van der Waals surface area contributed by atoms with E-state index in [4.69, 9.17) is 5.73 Å². The molecule has 1 amide bonds. The Hall–Kier alpha value is -0.610. The molecule has 2 fully saturated rings. The molecule has 0 saturated heterocycles. The zero-order valence-electron chi connectivity index (χ0n) is 12.3. The summed E-state index contributed by atoms with van der Waals surface area (Å²) in [5.74, 6) is 1.17. The number of nitrogens with two attached hydrogens (primary N) is 1. The van der Waals surface area contributed by atoms with Crippen LogP contribution in [0.15, 0.2) is 0 Å². The van der Waals surface area contributed by atoms with Crippen molar-refractivity contribution in [3.63, 3.8) is 0 Å². The Morgan fingerprint density at radius 1 is 1.11 bits per heavy atom. The number of carbonyl (C=O) groups is 1. The molecule has 4 heteroatoms. The molecule has 0 radical (unpaired) electrons. The van der Waals surface area contributed by atoms with Crippen molar-refractivity contribution in [1.29, 1.82) is 0 Å². The van der Waals surface area contributed by atoms with Gasteiger partial charge in [0.05, 0.1) is 6.04 Å². The van der Waals surface area contributed by atoms with Gasteiger partial charge in [0.1, 0.15) is 0 Å². The van der Waals surface area contributed by atoms with E-state index in [0.29, 0.717) is 12.1 Å². The van der Waals surface area contributed by atoms with E-state index in [1.165, 1.54) is 32.2 Å². The summed E-state index contributed by atoms with van der Waals surface area (Å²) < 4.78 is 0. The molecule has 2 aliphatic rings. The average Bonchev–Trinajstić information content (AvgIpc) is 3.21. The first-order valence-electron chi connectivity index (χ1n) is 7.85. The van der Waals surface area contributed by atoms with Crippen LogP contribution in [0.1, 0.15) is 52.4 Å². The van der Waals surface area contributed by atoms with E-state index in [1.807, 2.05) is 13.8 Å². The SMILES string of the molecule is CC(C)[C@H](N)C(=O)NC1CCC(NCC2CC2)CC1. The quantitative estimate of drug-likeness (QED) is 0.681. The molecule has 0 aromatic heterocycles. The lowest BCUT2D eigenvalue weighted by molar-refractivity contribution is -0.124. The van der Waals surface area contributed by atoms with Crippen LogP contribution in [0.2, 0.25) is 0 Å². The lowest BCUT2D eigenvalue weighted by Gasteiger charge is -2.31. The fraction of sp³-hybridized carbons (Fsp3) is 0.933. The van der Waals surface area contributed by atoms with Gasteiger partial charge in [-0.15, -0.1) is 0 Å². The first kappa shape index (κ1) is 14.8. The second kappa shape index (κ2) is 6.71.